The second-order valence-corrected chi connectivity index (χ2v) is 4.42. The van der Waals surface area contributed by atoms with Crippen LogP contribution in [-0.2, 0) is 0 Å². The SMILES string of the molecule is CC1(C)C(C#N)C1C=C(Cl)Cl. The van der Waals surface area contributed by atoms with Crippen LogP contribution in [0.1, 0.15) is 13.8 Å². The average molecular weight is 190 g/mol. The predicted octanol–water partition coefficient (Wildman–Crippen LogP) is 3.10. The quantitative estimate of drug-likeness (QED) is 0.623. The van der Waals surface area contributed by atoms with Crippen LogP contribution >= 0.6 is 23.2 Å². The molecule has 2 atom stereocenters. The van der Waals surface area contributed by atoms with Crippen LogP contribution < -0.4 is 0 Å². The van der Waals surface area contributed by atoms with E-state index < -0.39 is 0 Å². The van der Waals surface area contributed by atoms with Gasteiger partial charge in [-0.2, -0.15) is 5.26 Å². The molecule has 1 fully saturated rings. The molecule has 0 aromatic heterocycles. The van der Waals surface area contributed by atoms with Crippen molar-refractivity contribution in [3.63, 3.8) is 0 Å². The molecule has 0 amide bonds. The van der Waals surface area contributed by atoms with E-state index in [0.29, 0.717) is 0 Å². The molecule has 1 aliphatic carbocycles. The summed E-state index contributed by atoms with van der Waals surface area (Å²) < 4.78 is 0.265. The predicted molar refractivity (Wildman–Crippen MR) is 46.2 cm³/mol. The van der Waals surface area contributed by atoms with Crippen LogP contribution in [0.15, 0.2) is 10.6 Å². The molecule has 0 bridgehead atoms. The highest BCUT2D eigenvalue weighted by Gasteiger charge is 2.57. The zero-order valence-corrected chi connectivity index (χ0v) is 7.95. The Kier molecular flexibility index (Phi) is 2.18. The standard InChI is InChI=1S/C8H9Cl2N/c1-8(2)5(3-7(9)10)6(8)4-11/h3,5-6H,1-2H3. The summed E-state index contributed by atoms with van der Waals surface area (Å²) >= 11 is 11.0. The van der Waals surface area contributed by atoms with E-state index in [1.807, 2.05) is 13.8 Å². The van der Waals surface area contributed by atoms with E-state index in [-0.39, 0.29) is 21.7 Å². The van der Waals surface area contributed by atoms with Crippen LogP contribution in [0, 0.1) is 28.6 Å². The van der Waals surface area contributed by atoms with Crippen LogP contribution in [0.2, 0.25) is 0 Å². The van der Waals surface area contributed by atoms with Crippen molar-refractivity contribution in [2.24, 2.45) is 17.3 Å². The van der Waals surface area contributed by atoms with Crippen LogP contribution in [0.5, 0.6) is 0 Å². The first kappa shape index (κ1) is 8.90. The van der Waals surface area contributed by atoms with Gasteiger partial charge in [-0.1, -0.05) is 37.0 Å². The molecule has 0 radical (unpaired) electrons. The average Bonchev–Trinajstić information content (AvgIpc) is 2.33. The Labute approximate surface area is 76.6 Å². The third-order valence-electron chi connectivity index (χ3n) is 2.36. The monoisotopic (exact) mass is 189 g/mol. The van der Waals surface area contributed by atoms with Crippen molar-refractivity contribution < 1.29 is 0 Å². The van der Waals surface area contributed by atoms with Gasteiger partial charge in [0.15, 0.2) is 0 Å². The van der Waals surface area contributed by atoms with E-state index in [0.717, 1.165) is 0 Å². The topological polar surface area (TPSA) is 23.8 Å². The summed E-state index contributed by atoms with van der Waals surface area (Å²) in [7, 11) is 0. The maximum atomic E-state index is 8.66. The molecule has 0 spiro atoms. The number of allylic oxidation sites excluding steroid dienone is 1. The first-order valence-electron chi connectivity index (χ1n) is 3.42. The molecule has 2 unspecified atom stereocenters. The number of nitrogens with zero attached hydrogens (tertiary/aromatic N) is 1. The normalized spacial score (nSPS) is 32.3. The molecular weight excluding hydrogens is 181 g/mol. The molecule has 1 saturated carbocycles. The summed E-state index contributed by atoms with van der Waals surface area (Å²) in [6.07, 6.45) is 1.75. The molecule has 11 heavy (non-hydrogen) atoms. The number of hydrogen-bond donors (Lipinski definition) is 0. The molecule has 1 nitrogen and oxygen atoms in total. The fourth-order valence-corrected chi connectivity index (χ4v) is 1.64. The summed E-state index contributed by atoms with van der Waals surface area (Å²) in [5, 5.41) is 8.66. The Morgan fingerprint density at radius 2 is 2.09 bits per heavy atom. The third-order valence-corrected chi connectivity index (χ3v) is 2.61. The highest BCUT2D eigenvalue weighted by Crippen LogP contribution is 2.59. The van der Waals surface area contributed by atoms with Crippen LogP contribution in [0.4, 0.5) is 0 Å². The highest BCUT2D eigenvalue weighted by atomic mass is 35.5. The lowest BCUT2D eigenvalue weighted by atomic mass is 10.1. The second kappa shape index (κ2) is 2.69. The van der Waals surface area contributed by atoms with Crippen molar-refractivity contribution in [2.75, 3.05) is 0 Å². The van der Waals surface area contributed by atoms with Crippen molar-refractivity contribution in [3.05, 3.63) is 10.6 Å². The van der Waals surface area contributed by atoms with Crippen molar-refractivity contribution in [3.8, 4) is 6.07 Å². The summed E-state index contributed by atoms with van der Waals surface area (Å²) in [5.41, 5.74) is 0.0593. The summed E-state index contributed by atoms with van der Waals surface area (Å²) in [4.78, 5) is 0. The maximum Gasteiger partial charge on any atom is 0.103 e. The summed E-state index contributed by atoms with van der Waals surface area (Å²) in [6, 6.07) is 2.22. The Balaban J connectivity index is 2.69. The molecular formula is C8H9Cl2N. The molecule has 0 aliphatic heterocycles. The van der Waals surface area contributed by atoms with Crippen molar-refractivity contribution in [1.29, 1.82) is 5.26 Å². The van der Waals surface area contributed by atoms with E-state index in [2.05, 4.69) is 6.07 Å². The first-order valence-corrected chi connectivity index (χ1v) is 4.18. The molecule has 0 N–H and O–H groups in total. The Bertz CT molecular complexity index is 233. The number of nitriles is 1. The highest BCUT2D eigenvalue weighted by molar-refractivity contribution is 6.55. The van der Waals surface area contributed by atoms with E-state index in [1.165, 1.54) is 0 Å². The van der Waals surface area contributed by atoms with Crippen LogP contribution in [-0.4, -0.2) is 0 Å². The number of hydrogen-bond acceptors (Lipinski definition) is 1. The van der Waals surface area contributed by atoms with E-state index in [4.69, 9.17) is 28.5 Å². The molecule has 0 saturated heterocycles. The molecule has 1 rings (SSSR count). The Morgan fingerprint density at radius 3 is 2.36 bits per heavy atom. The van der Waals surface area contributed by atoms with Gasteiger partial charge in [0.05, 0.1) is 12.0 Å². The summed E-state index contributed by atoms with van der Waals surface area (Å²) in [6.45, 7) is 4.08. The zero-order valence-electron chi connectivity index (χ0n) is 6.44. The van der Waals surface area contributed by atoms with Gasteiger partial charge < -0.3 is 0 Å². The first-order chi connectivity index (χ1) is 5.00. The van der Waals surface area contributed by atoms with E-state index in [9.17, 15) is 0 Å². The fraction of sp³-hybridized carbons (Fsp3) is 0.625. The van der Waals surface area contributed by atoms with E-state index >= 15 is 0 Å². The van der Waals surface area contributed by atoms with Crippen molar-refractivity contribution >= 4 is 23.2 Å². The maximum absolute atomic E-state index is 8.66. The molecule has 0 aromatic rings. The van der Waals surface area contributed by atoms with Crippen LogP contribution in [0.25, 0.3) is 0 Å². The lowest BCUT2D eigenvalue weighted by Crippen LogP contribution is -1.87. The Morgan fingerprint density at radius 1 is 1.55 bits per heavy atom. The van der Waals surface area contributed by atoms with Gasteiger partial charge in [0.1, 0.15) is 4.49 Å². The zero-order chi connectivity index (χ0) is 8.65. The van der Waals surface area contributed by atoms with Crippen LogP contribution in [0.3, 0.4) is 0 Å². The van der Waals surface area contributed by atoms with Gasteiger partial charge in [-0.05, 0) is 11.5 Å². The smallest absolute Gasteiger partial charge is 0.103 e. The Hall–Kier alpha value is -0.190. The van der Waals surface area contributed by atoms with Crippen molar-refractivity contribution in [1.82, 2.24) is 0 Å². The molecule has 0 heterocycles. The number of halogens is 2. The molecule has 1 aliphatic rings. The molecule has 3 heteroatoms. The second-order valence-electron chi connectivity index (χ2n) is 3.41. The minimum absolute atomic E-state index is 0.0593. The van der Waals surface area contributed by atoms with Gasteiger partial charge >= 0.3 is 0 Å². The lowest BCUT2D eigenvalue weighted by molar-refractivity contribution is 0.589. The van der Waals surface area contributed by atoms with E-state index in [1.54, 1.807) is 6.08 Å². The summed E-state index contributed by atoms with van der Waals surface area (Å²) in [5.74, 6) is 0.312. The fourth-order valence-electron chi connectivity index (χ4n) is 1.37. The van der Waals surface area contributed by atoms with Gasteiger partial charge in [-0.25, -0.2) is 0 Å². The molecule has 0 aromatic carbocycles. The molecule has 60 valence electrons. The largest absolute Gasteiger partial charge is 0.198 e. The van der Waals surface area contributed by atoms with Crippen molar-refractivity contribution in [2.45, 2.75) is 13.8 Å². The number of rotatable bonds is 1. The van der Waals surface area contributed by atoms with Gasteiger partial charge in [-0.3, -0.25) is 0 Å². The van der Waals surface area contributed by atoms with Gasteiger partial charge in [-0.15, -0.1) is 0 Å². The van der Waals surface area contributed by atoms with Gasteiger partial charge in [0.25, 0.3) is 0 Å². The van der Waals surface area contributed by atoms with Gasteiger partial charge in [0.2, 0.25) is 0 Å². The minimum Gasteiger partial charge on any atom is -0.198 e. The lowest BCUT2D eigenvalue weighted by Gasteiger charge is -1.94. The minimum atomic E-state index is 0.0593. The third kappa shape index (κ3) is 1.52. The van der Waals surface area contributed by atoms with Gasteiger partial charge in [0, 0.05) is 5.92 Å².